The number of nitrogens with one attached hydrogen (secondary N) is 1. The van der Waals surface area contributed by atoms with E-state index in [-0.39, 0.29) is 11.8 Å². The van der Waals surface area contributed by atoms with Crippen LogP contribution < -0.4 is 11.1 Å². The fourth-order valence-corrected chi connectivity index (χ4v) is 1.54. The van der Waals surface area contributed by atoms with Crippen molar-refractivity contribution in [3.8, 4) is 0 Å². The lowest BCUT2D eigenvalue weighted by Gasteiger charge is -2.15. The van der Waals surface area contributed by atoms with Gasteiger partial charge in [-0.3, -0.25) is 9.78 Å². The van der Waals surface area contributed by atoms with E-state index in [0.717, 1.165) is 17.7 Å². The van der Waals surface area contributed by atoms with Gasteiger partial charge in [-0.2, -0.15) is 0 Å². The van der Waals surface area contributed by atoms with E-state index < -0.39 is 6.04 Å². The zero-order valence-corrected chi connectivity index (χ0v) is 10.7. The first-order valence-corrected chi connectivity index (χ1v) is 6.02. The highest BCUT2D eigenvalue weighted by molar-refractivity contribution is 5.81. The average Bonchev–Trinajstić information content (AvgIpc) is 2.35. The molecular weight excluding hydrogens is 214 g/mol. The molecule has 0 bridgehead atoms. The standard InChI is InChI=1S/C13H21N3O/c1-4-10-6-5-7-15-11(10)8-16-13(17)12(14)9(2)3/h5-7,9,12H,4,8,14H2,1-3H3,(H,16,17)/t12-/m1/s1. The minimum atomic E-state index is -0.455. The van der Waals surface area contributed by atoms with Crippen molar-refractivity contribution in [2.45, 2.75) is 39.8 Å². The Kier molecular flexibility index (Phi) is 5.10. The molecule has 0 spiro atoms. The van der Waals surface area contributed by atoms with Crippen LogP contribution in [0, 0.1) is 5.92 Å². The van der Waals surface area contributed by atoms with Gasteiger partial charge in [0.1, 0.15) is 0 Å². The molecule has 3 N–H and O–H groups in total. The van der Waals surface area contributed by atoms with Crippen molar-refractivity contribution >= 4 is 5.91 Å². The van der Waals surface area contributed by atoms with Gasteiger partial charge in [-0.25, -0.2) is 0 Å². The Morgan fingerprint density at radius 3 is 2.82 bits per heavy atom. The molecule has 1 heterocycles. The Hall–Kier alpha value is -1.42. The maximum atomic E-state index is 11.7. The number of hydrogen-bond acceptors (Lipinski definition) is 3. The number of amides is 1. The van der Waals surface area contributed by atoms with Gasteiger partial charge in [-0.1, -0.05) is 26.8 Å². The van der Waals surface area contributed by atoms with Gasteiger partial charge in [-0.15, -0.1) is 0 Å². The fraction of sp³-hybridized carbons (Fsp3) is 0.538. The van der Waals surface area contributed by atoms with E-state index in [9.17, 15) is 4.79 Å². The number of carbonyl (C=O) groups excluding carboxylic acids is 1. The first kappa shape index (κ1) is 13.6. The zero-order chi connectivity index (χ0) is 12.8. The highest BCUT2D eigenvalue weighted by Gasteiger charge is 2.16. The summed E-state index contributed by atoms with van der Waals surface area (Å²) in [6.45, 7) is 6.39. The molecule has 0 aliphatic carbocycles. The number of pyridine rings is 1. The lowest BCUT2D eigenvalue weighted by atomic mass is 10.0. The van der Waals surface area contributed by atoms with Crippen LogP contribution in [-0.4, -0.2) is 16.9 Å². The zero-order valence-electron chi connectivity index (χ0n) is 10.7. The van der Waals surface area contributed by atoms with Crippen molar-refractivity contribution in [1.82, 2.24) is 10.3 Å². The van der Waals surface area contributed by atoms with Crippen LogP contribution in [0.3, 0.4) is 0 Å². The first-order chi connectivity index (χ1) is 8.06. The van der Waals surface area contributed by atoms with Crippen LogP contribution in [0.1, 0.15) is 32.0 Å². The van der Waals surface area contributed by atoms with E-state index in [1.807, 2.05) is 26.0 Å². The first-order valence-electron chi connectivity index (χ1n) is 6.02. The van der Waals surface area contributed by atoms with Crippen molar-refractivity contribution in [3.05, 3.63) is 29.6 Å². The maximum Gasteiger partial charge on any atom is 0.237 e. The van der Waals surface area contributed by atoms with E-state index in [2.05, 4.69) is 17.2 Å². The Morgan fingerprint density at radius 1 is 1.53 bits per heavy atom. The van der Waals surface area contributed by atoms with Gasteiger partial charge in [0.25, 0.3) is 0 Å². The molecule has 1 aromatic rings. The van der Waals surface area contributed by atoms with Gasteiger partial charge in [0, 0.05) is 6.20 Å². The molecular formula is C13H21N3O. The Bertz CT molecular complexity index is 377. The van der Waals surface area contributed by atoms with Gasteiger partial charge in [0.05, 0.1) is 18.3 Å². The summed E-state index contributed by atoms with van der Waals surface area (Å²) in [5.74, 6) is 0.0251. The Morgan fingerprint density at radius 2 is 2.24 bits per heavy atom. The molecule has 4 heteroatoms. The van der Waals surface area contributed by atoms with Crippen molar-refractivity contribution in [1.29, 1.82) is 0 Å². The summed E-state index contributed by atoms with van der Waals surface area (Å²) in [5.41, 5.74) is 7.84. The van der Waals surface area contributed by atoms with Crippen molar-refractivity contribution in [3.63, 3.8) is 0 Å². The summed E-state index contributed by atoms with van der Waals surface area (Å²) < 4.78 is 0. The molecule has 1 amide bonds. The number of aryl methyl sites for hydroxylation is 1. The van der Waals surface area contributed by atoms with E-state index >= 15 is 0 Å². The molecule has 0 aromatic carbocycles. The number of hydrogen-bond donors (Lipinski definition) is 2. The summed E-state index contributed by atoms with van der Waals surface area (Å²) in [7, 11) is 0. The Balaban J connectivity index is 2.58. The topological polar surface area (TPSA) is 68.0 Å². The number of aromatic nitrogens is 1. The summed E-state index contributed by atoms with van der Waals surface area (Å²) >= 11 is 0. The van der Waals surface area contributed by atoms with Crippen LogP contribution in [0.2, 0.25) is 0 Å². The predicted octanol–water partition coefficient (Wildman–Crippen LogP) is 1.24. The molecule has 0 aliphatic rings. The van der Waals surface area contributed by atoms with Crippen molar-refractivity contribution in [2.75, 3.05) is 0 Å². The summed E-state index contributed by atoms with van der Waals surface area (Å²) in [6.07, 6.45) is 2.65. The van der Waals surface area contributed by atoms with E-state index in [1.165, 1.54) is 0 Å². The summed E-state index contributed by atoms with van der Waals surface area (Å²) in [5, 5.41) is 2.83. The van der Waals surface area contributed by atoms with E-state index in [0.29, 0.717) is 6.54 Å². The normalized spacial score (nSPS) is 12.5. The SMILES string of the molecule is CCc1cccnc1CNC(=O)[C@H](N)C(C)C. The molecule has 1 aromatic heterocycles. The van der Waals surface area contributed by atoms with Crippen LogP contribution in [-0.2, 0) is 17.8 Å². The van der Waals surface area contributed by atoms with Gasteiger partial charge in [-0.05, 0) is 24.0 Å². The quantitative estimate of drug-likeness (QED) is 0.807. The molecule has 4 nitrogen and oxygen atoms in total. The van der Waals surface area contributed by atoms with Crippen LogP contribution in [0.4, 0.5) is 0 Å². The minimum Gasteiger partial charge on any atom is -0.349 e. The molecule has 94 valence electrons. The molecule has 1 rings (SSSR count). The second kappa shape index (κ2) is 6.35. The average molecular weight is 235 g/mol. The predicted molar refractivity (Wildman–Crippen MR) is 68.3 cm³/mol. The monoisotopic (exact) mass is 235 g/mol. The van der Waals surface area contributed by atoms with Gasteiger partial charge < -0.3 is 11.1 Å². The number of nitrogens with zero attached hydrogens (tertiary/aromatic N) is 1. The maximum absolute atomic E-state index is 11.7. The van der Waals surface area contributed by atoms with E-state index in [1.54, 1.807) is 6.20 Å². The molecule has 1 atom stereocenters. The number of rotatable bonds is 5. The van der Waals surface area contributed by atoms with Crippen LogP contribution in [0.15, 0.2) is 18.3 Å². The van der Waals surface area contributed by atoms with Crippen molar-refractivity contribution in [2.24, 2.45) is 11.7 Å². The molecule has 0 unspecified atom stereocenters. The third-order valence-corrected chi connectivity index (χ3v) is 2.82. The highest BCUT2D eigenvalue weighted by Crippen LogP contribution is 2.06. The molecule has 0 radical (unpaired) electrons. The highest BCUT2D eigenvalue weighted by atomic mass is 16.2. The third-order valence-electron chi connectivity index (χ3n) is 2.82. The van der Waals surface area contributed by atoms with Gasteiger partial charge >= 0.3 is 0 Å². The Labute approximate surface area is 103 Å². The van der Waals surface area contributed by atoms with Gasteiger partial charge in [0.2, 0.25) is 5.91 Å². The largest absolute Gasteiger partial charge is 0.349 e. The van der Waals surface area contributed by atoms with Crippen molar-refractivity contribution < 1.29 is 4.79 Å². The number of nitrogens with two attached hydrogens (primary N) is 1. The lowest BCUT2D eigenvalue weighted by Crippen LogP contribution is -2.43. The van der Waals surface area contributed by atoms with Gasteiger partial charge in [0.15, 0.2) is 0 Å². The lowest BCUT2D eigenvalue weighted by molar-refractivity contribution is -0.123. The molecule has 0 fully saturated rings. The number of carbonyl (C=O) groups is 1. The van der Waals surface area contributed by atoms with Crippen LogP contribution >= 0.6 is 0 Å². The second-order valence-electron chi connectivity index (χ2n) is 4.45. The third kappa shape index (κ3) is 3.82. The smallest absolute Gasteiger partial charge is 0.237 e. The molecule has 0 aliphatic heterocycles. The van der Waals surface area contributed by atoms with Crippen LogP contribution in [0.5, 0.6) is 0 Å². The fourth-order valence-electron chi connectivity index (χ4n) is 1.54. The minimum absolute atomic E-state index is 0.118. The summed E-state index contributed by atoms with van der Waals surface area (Å²) in [6, 6.07) is 3.48. The molecule has 0 saturated heterocycles. The molecule has 0 saturated carbocycles. The van der Waals surface area contributed by atoms with Crippen LogP contribution in [0.25, 0.3) is 0 Å². The molecule has 17 heavy (non-hydrogen) atoms. The van der Waals surface area contributed by atoms with E-state index in [4.69, 9.17) is 5.73 Å². The summed E-state index contributed by atoms with van der Waals surface area (Å²) in [4.78, 5) is 16.0. The second-order valence-corrected chi connectivity index (χ2v) is 4.45.